The van der Waals surface area contributed by atoms with Crippen molar-refractivity contribution in [2.45, 2.75) is 12.5 Å². The fourth-order valence-electron chi connectivity index (χ4n) is 1.17. The normalized spacial score (nSPS) is 11.4. The SMILES string of the molecule is CO[Si](CCCOC(=O)C=CC#N)(OC)OC. The van der Waals surface area contributed by atoms with Gasteiger partial charge >= 0.3 is 14.8 Å². The number of carbonyl (C=O) groups is 1. The first-order valence-corrected chi connectivity index (χ1v) is 6.95. The molecule has 6 nitrogen and oxygen atoms in total. The summed E-state index contributed by atoms with van der Waals surface area (Å²) in [6, 6.07) is 2.27. The highest BCUT2D eigenvalue weighted by molar-refractivity contribution is 6.60. The first-order chi connectivity index (χ1) is 8.14. The number of esters is 1. The van der Waals surface area contributed by atoms with E-state index in [1.807, 2.05) is 0 Å². The summed E-state index contributed by atoms with van der Waals surface area (Å²) in [5, 5.41) is 8.20. The maximum atomic E-state index is 11.0. The summed E-state index contributed by atoms with van der Waals surface area (Å²) in [5.74, 6) is -0.536. The molecule has 0 radical (unpaired) electrons. The average molecular weight is 259 g/mol. The van der Waals surface area contributed by atoms with Gasteiger partial charge in [-0.3, -0.25) is 0 Å². The van der Waals surface area contributed by atoms with E-state index in [0.717, 1.165) is 12.2 Å². The largest absolute Gasteiger partial charge is 0.500 e. The second-order valence-corrected chi connectivity index (χ2v) is 6.12. The molecule has 0 amide bonds. The van der Waals surface area contributed by atoms with Crippen molar-refractivity contribution in [3.05, 3.63) is 12.2 Å². The summed E-state index contributed by atoms with van der Waals surface area (Å²) in [4.78, 5) is 11.0. The lowest BCUT2D eigenvalue weighted by atomic mass is 10.5. The van der Waals surface area contributed by atoms with Gasteiger partial charge in [0.25, 0.3) is 0 Å². The Morgan fingerprint density at radius 2 is 1.88 bits per heavy atom. The van der Waals surface area contributed by atoms with Gasteiger partial charge in [-0.25, -0.2) is 4.79 Å². The molecule has 0 spiro atoms. The number of rotatable bonds is 8. The zero-order valence-electron chi connectivity index (χ0n) is 10.3. The number of allylic oxidation sites excluding steroid dienone is 1. The van der Waals surface area contributed by atoms with Gasteiger partial charge in [-0.15, -0.1) is 0 Å². The summed E-state index contributed by atoms with van der Waals surface area (Å²) in [5.41, 5.74) is 0. The summed E-state index contributed by atoms with van der Waals surface area (Å²) in [6.45, 7) is 0.236. The van der Waals surface area contributed by atoms with Crippen LogP contribution < -0.4 is 0 Å². The van der Waals surface area contributed by atoms with Gasteiger partial charge in [-0.1, -0.05) is 0 Å². The second kappa shape index (κ2) is 8.89. The van der Waals surface area contributed by atoms with Gasteiger partial charge in [0.05, 0.1) is 12.7 Å². The lowest BCUT2D eigenvalue weighted by Gasteiger charge is -2.23. The van der Waals surface area contributed by atoms with Gasteiger partial charge in [0, 0.05) is 39.5 Å². The van der Waals surface area contributed by atoms with Crippen LogP contribution in [0.25, 0.3) is 0 Å². The molecule has 17 heavy (non-hydrogen) atoms. The third-order valence-corrected chi connectivity index (χ3v) is 4.93. The zero-order chi connectivity index (χ0) is 13.1. The van der Waals surface area contributed by atoms with E-state index in [0.29, 0.717) is 12.5 Å². The Morgan fingerprint density at radius 1 is 1.29 bits per heavy atom. The Labute approximate surface area is 102 Å². The van der Waals surface area contributed by atoms with Crippen molar-refractivity contribution in [1.82, 2.24) is 0 Å². The van der Waals surface area contributed by atoms with Gasteiger partial charge in [0.1, 0.15) is 0 Å². The molecule has 0 aromatic carbocycles. The maximum Gasteiger partial charge on any atom is 0.500 e. The van der Waals surface area contributed by atoms with E-state index in [9.17, 15) is 4.79 Å². The molecule has 0 unspecified atom stereocenters. The standard InChI is InChI=1S/C10H17NO5Si/c1-13-17(14-2,15-3)9-5-8-16-10(12)6-4-7-11/h4,6H,5,8-9H2,1-3H3. The number of hydrogen-bond acceptors (Lipinski definition) is 6. The first kappa shape index (κ1) is 15.8. The molecule has 0 heterocycles. The van der Waals surface area contributed by atoms with Crippen LogP contribution in [0.15, 0.2) is 12.2 Å². The van der Waals surface area contributed by atoms with Gasteiger partial charge in [-0.2, -0.15) is 5.26 Å². The van der Waals surface area contributed by atoms with Crippen LogP contribution >= 0.6 is 0 Å². The third kappa shape index (κ3) is 6.18. The predicted molar refractivity (Wildman–Crippen MR) is 61.9 cm³/mol. The third-order valence-electron chi connectivity index (χ3n) is 2.10. The van der Waals surface area contributed by atoms with Crippen molar-refractivity contribution in [3.63, 3.8) is 0 Å². The number of nitrogens with zero attached hydrogens (tertiary/aromatic N) is 1. The van der Waals surface area contributed by atoms with Crippen molar-refractivity contribution in [1.29, 1.82) is 5.26 Å². The topological polar surface area (TPSA) is 77.8 Å². The van der Waals surface area contributed by atoms with Crippen LogP contribution in [0.1, 0.15) is 6.42 Å². The average Bonchev–Trinajstić information content (AvgIpc) is 2.37. The van der Waals surface area contributed by atoms with Crippen LogP contribution in [0.4, 0.5) is 0 Å². The Morgan fingerprint density at radius 3 is 2.35 bits per heavy atom. The summed E-state index contributed by atoms with van der Waals surface area (Å²) in [7, 11) is 2.01. The van der Waals surface area contributed by atoms with Gasteiger partial charge in [0.15, 0.2) is 0 Å². The Kier molecular flexibility index (Phi) is 8.26. The van der Waals surface area contributed by atoms with Crippen molar-refractivity contribution in [3.8, 4) is 6.07 Å². The molecule has 7 heteroatoms. The molecule has 0 aromatic rings. The minimum atomic E-state index is -2.58. The Balaban J connectivity index is 3.88. The predicted octanol–water partition coefficient (Wildman–Crippen LogP) is 0.878. The molecule has 96 valence electrons. The van der Waals surface area contributed by atoms with Crippen LogP contribution in [0.5, 0.6) is 0 Å². The van der Waals surface area contributed by atoms with Crippen LogP contribution in [-0.2, 0) is 22.8 Å². The van der Waals surface area contributed by atoms with E-state index in [-0.39, 0.29) is 6.61 Å². The highest BCUT2D eigenvalue weighted by Gasteiger charge is 2.36. The van der Waals surface area contributed by atoms with Crippen LogP contribution in [0.3, 0.4) is 0 Å². The summed E-state index contributed by atoms with van der Waals surface area (Å²) >= 11 is 0. The zero-order valence-corrected chi connectivity index (χ0v) is 11.3. The quantitative estimate of drug-likeness (QED) is 0.212. The van der Waals surface area contributed by atoms with E-state index < -0.39 is 14.8 Å². The summed E-state index contributed by atoms with van der Waals surface area (Å²) < 4.78 is 20.5. The van der Waals surface area contributed by atoms with Crippen LogP contribution in [0.2, 0.25) is 6.04 Å². The Bertz CT molecular complexity index is 287. The Hall–Kier alpha value is -1.20. The lowest BCUT2D eigenvalue weighted by molar-refractivity contribution is -0.137. The molecule has 0 aliphatic rings. The lowest BCUT2D eigenvalue weighted by Crippen LogP contribution is -2.42. The molecule has 0 aromatic heterocycles. The number of hydrogen-bond donors (Lipinski definition) is 0. The molecule has 0 fully saturated rings. The smallest absolute Gasteiger partial charge is 0.463 e. The van der Waals surface area contributed by atoms with E-state index in [2.05, 4.69) is 0 Å². The molecule has 0 saturated carbocycles. The van der Waals surface area contributed by atoms with Crippen molar-refractivity contribution < 1.29 is 22.8 Å². The fraction of sp³-hybridized carbons (Fsp3) is 0.600. The van der Waals surface area contributed by atoms with Gasteiger partial charge in [-0.05, 0) is 6.42 Å². The molecule has 0 aliphatic heterocycles. The van der Waals surface area contributed by atoms with Crippen LogP contribution in [-0.4, -0.2) is 42.7 Å². The van der Waals surface area contributed by atoms with Crippen LogP contribution in [0, 0.1) is 11.3 Å². The fourth-order valence-corrected chi connectivity index (χ4v) is 2.86. The highest BCUT2D eigenvalue weighted by atomic mass is 28.4. The molecule has 0 aliphatic carbocycles. The molecule has 0 rings (SSSR count). The second-order valence-electron chi connectivity index (χ2n) is 3.03. The van der Waals surface area contributed by atoms with E-state index in [1.54, 1.807) is 6.07 Å². The van der Waals surface area contributed by atoms with E-state index in [1.165, 1.54) is 21.3 Å². The number of nitriles is 1. The minimum Gasteiger partial charge on any atom is -0.463 e. The van der Waals surface area contributed by atoms with Gasteiger partial charge in [0.2, 0.25) is 0 Å². The monoisotopic (exact) mass is 259 g/mol. The minimum absolute atomic E-state index is 0.236. The molecule has 0 saturated heterocycles. The molecule has 0 atom stereocenters. The van der Waals surface area contributed by atoms with E-state index >= 15 is 0 Å². The molecular formula is C10H17NO5Si. The van der Waals surface area contributed by atoms with Crippen molar-refractivity contribution in [2.75, 3.05) is 27.9 Å². The number of ether oxygens (including phenoxy) is 1. The van der Waals surface area contributed by atoms with E-state index in [4.69, 9.17) is 23.3 Å². The summed E-state index contributed by atoms with van der Waals surface area (Å²) in [6.07, 6.45) is 2.72. The molecule has 0 N–H and O–H groups in total. The van der Waals surface area contributed by atoms with Crippen molar-refractivity contribution in [2.24, 2.45) is 0 Å². The molecular weight excluding hydrogens is 242 g/mol. The van der Waals surface area contributed by atoms with Crippen molar-refractivity contribution >= 4 is 14.8 Å². The molecule has 0 bridgehead atoms. The first-order valence-electron chi connectivity index (χ1n) is 5.02. The van der Waals surface area contributed by atoms with Gasteiger partial charge < -0.3 is 18.0 Å². The maximum absolute atomic E-state index is 11.0. The highest BCUT2D eigenvalue weighted by Crippen LogP contribution is 2.14. The number of carbonyl (C=O) groups excluding carboxylic acids is 1.